The fourth-order valence-electron chi connectivity index (χ4n) is 2.79. The first kappa shape index (κ1) is 19.8. The molecular formula is C16H22ClF3N2O. The number of hydrogen-bond donors (Lipinski definition) is 2. The van der Waals surface area contributed by atoms with Crippen LogP contribution in [-0.4, -0.2) is 26.0 Å². The number of hydrogen-bond acceptors (Lipinski definition) is 2. The van der Waals surface area contributed by atoms with Crippen molar-refractivity contribution in [3.05, 3.63) is 35.4 Å². The summed E-state index contributed by atoms with van der Waals surface area (Å²) in [6.45, 7) is 0.985. The van der Waals surface area contributed by atoms with Crippen molar-refractivity contribution >= 4 is 18.3 Å². The van der Waals surface area contributed by atoms with Crippen LogP contribution >= 0.6 is 12.4 Å². The molecule has 1 aliphatic rings. The molecule has 0 heterocycles. The maximum Gasteiger partial charge on any atom is 0.416 e. The highest BCUT2D eigenvalue weighted by Gasteiger charge is 2.40. The molecular weight excluding hydrogens is 329 g/mol. The highest BCUT2D eigenvalue weighted by atomic mass is 35.5. The average Bonchev–Trinajstić information content (AvgIpc) is 2.43. The minimum Gasteiger partial charge on any atom is -0.355 e. The Morgan fingerprint density at radius 3 is 2.52 bits per heavy atom. The molecule has 7 heteroatoms. The van der Waals surface area contributed by atoms with E-state index < -0.39 is 11.7 Å². The van der Waals surface area contributed by atoms with E-state index in [0.717, 1.165) is 25.3 Å². The second kappa shape index (κ2) is 8.02. The van der Waals surface area contributed by atoms with Crippen molar-refractivity contribution < 1.29 is 18.0 Å². The molecule has 23 heavy (non-hydrogen) atoms. The van der Waals surface area contributed by atoms with E-state index in [4.69, 9.17) is 0 Å². The molecule has 1 fully saturated rings. The number of amides is 1. The highest BCUT2D eigenvalue weighted by Crippen LogP contribution is 2.44. The van der Waals surface area contributed by atoms with Crippen LogP contribution < -0.4 is 10.6 Å². The van der Waals surface area contributed by atoms with E-state index in [-0.39, 0.29) is 23.7 Å². The van der Waals surface area contributed by atoms with E-state index in [1.807, 2.05) is 0 Å². The first-order valence-electron chi connectivity index (χ1n) is 7.46. The number of nitrogens with one attached hydrogen (secondary N) is 2. The summed E-state index contributed by atoms with van der Waals surface area (Å²) in [5.41, 5.74) is -0.309. The van der Waals surface area contributed by atoms with Crippen LogP contribution in [0.25, 0.3) is 0 Å². The SMILES string of the molecule is CNCCC(=O)NCC1(c2cccc(C(F)(F)F)c2)CCC1.Cl. The molecule has 1 aromatic rings. The summed E-state index contributed by atoms with van der Waals surface area (Å²) in [5.74, 6) is -0.0763. The number of halogens is 4. The first-order valence-corrected chi connectivity index (χ1v) is 7.46. The van der Waals surface area contributed by atoms with E-state index in [1.54, 1.807) is 13.1 Å². The van der Waals surface area contributed by atoms with Gasteiger partial charge >= 0.3 is 6.18 Å². The number of rotatable bonds is 6. The van der Waals surface area contributed by atoms with Gasteiger partial charge in [-0.05, 0) is 31.5 Å². The normalized spacial score (nSPS) is 16.2. The van der Waals surface area contributed by atoms with Crippen LogP contribution in [0, 0.1) is 0 Å². The maximum absolute atomic E-state index is 12.9. The van der Waals surface area contributed by atoms with Gasteiger partial charge in [0.25, 0.3) is 0 Å². The fourth-order valence-corrected chi connectivity index (χ4v) is 2.79. The molecule has 2 N–H and O–H groups in total. The monoisotopic (exact) mass is 350 g/mol. The lowest BCUT2D eigenvalue weighted by molar-refractivity contribution is -0.137. The van der Waals surface area contributed by atoms with Crippen molar-refractivity contribution in [2.75, 3.05) is 20.1 Å². The van der Waals surface area contributed by atoms with Gasteiger partial charge in [-0.25, -0.2) is 0 Å². The van der Waals surface area contributed by atoms with E-state index >= 15 is 0 Å². The third-order valence-electron chi connectivity index (χ3n) is 4.34. The van der Waals surface area contributed by atoms with Crippen LogP contribution in [0.1, 0.15) is 36.8 Å². The third-order valence-corrected chi connectivity index (χ3v) is 4.34. The summed E-state index contributed by atoms with van der Waals surface area (Å²) in [6.07, 6.45) is -1.38. The Hall–Kier alpha value is -1.27. The van der Waals surface area contributed by atoms with Crippen LogP contribution in [-0.2, 0) is 16.4 Å². The Morgan fingerprint density at radius 1 is 1.30 bits per heavy atom. The minimum atomic E-state index is -4.34. The molecule has 1 saturated carbocycles. The molecule has 1 aromatic carbocycles. The largest absolute Gasteiger partial charge is 0.416 e. The molecule has 0 unspecified atom stereocenters. The zero-order valence-electron chi connectivity index (χ0n) is 13.0. The second-order valence-electron chi connectivity index (χ2n) is 5.84. The number of alkyl halides is 3. The standard InChI is InChI=1S/C16H21F3N2O.ClH/c1-20-9-6-14(22)21-11-15(7-3-8-15)12-4-2-5-13(10-12)16(17,18)19;/h2,4-5,10,20H,3,6-9,11H2,1H3,(H,21,22);1H. The second-order valence-corrected chi connectivity index (χ2v) is 5.84. The molecule has 3 nitrogen and oxygen atoms in total. The molecule has 0 aromatic heterocycles. The average molecular weight is 351 g/mol. The van der Waals surface area contributed by atoms with Gasteiger partial charge in [0.2, 0.25) is 5.91 Å². The predicted molar refractivity (Wildman–Crippen MR) is 85.8 cm³/mol. The zero-order valence-corrected chi connectivity index (χ0v) is 13.8. The summed E-state index contributed by atoms with van der Waals surface area (Å²) in [4.78, 5) is 11.7. The van der Waals surface area contributed by atoms with Crippen LogP contribution in [0.15, 0.2) is 24.3 Å². The van der Waals surface area contributed by atoms with Crippen molar-refractivity contribution in [2.24, 2.45) is 0 Å². The maximum atomic E-state index is 12.9. The summed E-state index contributed by atoms with van der Waals surface area (Å²) >= 11 is 0. The Morgan fingerprint density at radius 2 is 2.00 bits per heavy atom. The van der Waals surface area contributed by atoms with Crippen LogP contribution in [0.4, 0.5) is 13.2 Å². The van der Waals surface area contributed by atoms with Crippen LogP contribution in [0.5, 0.6) is 0 Å². The third kappa shape index (κ3) is 4.85. The molecule has 0 aliphatic heterocycles. The molecule has 0 atom stereocenters. The lowest BCUT2D eigenvalue weighted by Crippen LogP contribution is -2.46. The first-order chi connectivity index (χ1) is 10.4. The van der Waals surface area contributed by atoms with Crippen molar-refractivity contribution in [2.45, 2.75) is 37.3 Å². The van der Waals surface area contributed by atoms with Gasteiger partial charge in [-0.15, -0.1) is 12.4 Å². The lowest BCUT2D eigenvalue weighted by atomic mass is 9.64. The quantitative estimate of drug-likeness (QED) is 0.826. The molecule has 130 valence electrons. The summed E-state index contributed by atoms with van der Waals surface area (Å²) in [6, 6.07) is 5.48. The van der Waals surface area contributed by atoms with Gasteiger partial charge in [0.1, 0.15) is 0 Å². The molecule has 0 saturated heterocycles. The minimum absolute atomic E-state index is 0. The molecule has 0 bridgehead atoms. The van der Waals surface area contributed by atoms with Gasteiger partial charge in [-0.3, -0.25) is 4.79 Å². The van der Waals surface area contributed by atoms with Gasteiger partial charge in [0, 0.05) is 24.9 Å². The van der Waals surface area contributed by atoms with Gasteiger partial charge in [-0.1, -0.05) is 24.6 Å². The Bertz CT molecular complexity index is 530. The number of carbonyl (C=O) groups is 1. The van der Waals surface area contributed by atoms with Gasteiger partial charge in [-0.2, -0.15) is 13.2 Å². The lowest BCUT2D eigenvalue weighted by Gasteiger charge is -2.43. The van der Waals surface area contributed by atoms with Gasteiger partial charge in [0.15, 0.2) is 0 Å². The summed E-state index contributed by atoms with van der Waals surface area (Å²) < 4.78 is 38.6. The fraction of sp³-hybridized carbons (Fsp3) is 0.562. The molecule has 0 spiro atoms. The van der Waals surface area contributed by atoms with E-state index in [2.05, 4.69) is 10.6 Å². The van der Waals surface area contributed by atoms with Crippen molar-refractivity contribution in [1.82, 2.24) is 10.6 Å². The van der Waals surface area contributed by atoms with E-state index in [0.29, 0.717) is 25.1 Å². The number of carbonyl (C=O) groups excluding carboxylic acids is 1. The van der Waals surface area contributed by atoms with E-state index in [1.165, 1.54) is 12.1 Å². The zero-order chi connectivity index (χ0) is 16.2. The Balaban J connectivity index is 0.00000264. The predicted octanol–water partition coefficient (Wildman–Crippen LogP) is 3.27. The van der Waals surface area contributed by atoms with Crippen LogP contribution in [0.3, 0.4) is 0 Å². The van der Waals surface area contributed by atoms with Gasteiger partial charge < -0.3 is 10.6 Å². The topological polar surface area (TPSA) is 41.1 Å². The Kier molecular flexibility index (Phi) is 6.89. The van der Waals surface area contributed by atoms with Crippen molar-refractivity contribution in [3.8, 4) is 0 Å². The van der Waals surface area contributed by atoms with E-state index in [9.17, 15) is 18.0 Å². The molecule has 2 rings (SSSR count). The van der Waals surface area contributed by atoms with Crippen LogP contribution in [0.2, 0.25) is 0 Å². The highest BCUT2D eigenvalue weighted by molar-refractivity contribution is 5.85. The molecule has 0 radical (unpaired) electrons. The number of benzene rings is 1. The van der Waals surface area contributed by atoms with Crippen molar-refractivity contribution in [1.29, 1.82) is 0 Å². The summed E-state index contributed by atoms with van der Waals surface area (Å²) in [7, 11) is 1.77. The Labute approximate surface area is 140 Å². The van der Waals surface area contributed by atoms with Gasteiger partial charge in [0.05, 0.1) is 5.56 Å². The molecule has 1 aliphatic carbocycles. The molecule has 1 amide bonds. The smallest absolute Gasteiger partial charge is 0.355 e. The van der Waals surface area contributed by atoms with Crippen molar-refractivity contribution in [3.63, 3.8) is 0 Å². The summed E-state index contributed by atoms with van der Waals surface area (Å²) in [5, 5.41) is 5.75.